The van der Waals surface area contributed by atoms with Crippen molar-refractivity contribution in [1.82, 2.24) is 5.32 Å². The first-order valence-corrected chi connectivity index (χ1v) is 7.75. The Bertz CT molecular complexity index is 656. The van der Waals surface area contributed by atoms with E-state index in [4.69, 9.17) is 27.9 Å². The Labute approximate surface area is 140 Å². The molecule has 0 radical (unpaired) electrons. The predicted molar refractivity (Wildman–Crippen MR) is 90.0 cm³/mol. The van der Waals surface area contributed by atoms with E-state index in [9.17, 15) is 4.79 Å². The highest BCUT2D eigenvalue weighted by atomic mass is 35.5. The molecule has 22 heavy (non-hydrogen) atoms. The summed E-state index contributed by atoms with van der Waals surface area (Å²) in [5, 5.41) is 3.75. The fraction of sp³-hybridized carbons (Fsp3) is 0.235. The second-order valence-electron chi connectivity index (χ2n) is 4.82. The van der Waals surface area contributed by atoms with E-state index in [2.05, 4.69) is 5.32 Å². The van der Waals surface area contributed by atoms with Gasteiger partial charge in [0, 0.05) is 5.02 Å². The van der Waals surface area contributed by atoms with Gasteiger partial charge < -0.3 is 10.1 Å². The molecule has 0 fully saturated rings. The lowest BCUT2D eigenvalue weighted by Crippen LogP contribution is -2.26. The van der Waals surface area contributed by atoms with Crippen molar-refractivity contribution in [3.8, 4) is 5.75 Å². The van der Waals surface area contributed by atoms with E-state index in [1.807, 2.05) is 38.1 Å². The molecule has 2 aromatic rings. The SMILES string of the molecule is CCOc1ccc(C(C)NC(=O)c2ccc(Cl)cc2Cl)cc1. The van der Waals surface area contributed by atoms with Crippen LogP contribution in [0.25, 0.3) is 0 Å². The molecule has 5 heteroatoms. The summed E-state index contributed by atoms with van der Waals surface area (Å²) < 4.78 is 5.40. The Kier molecular flexibility index (Phi) is 5.69. The van der Waals surface area contributed by atoms with Gasteiger partial charge in [-0.25, -0.2) is 0 Å². The van der Waals surface area contributed by atoms with E-state index < -0.39 is 0 Å². The zero-order valence-electron chi connectivity index (χ0n) is 12.4. The normalized spacial score (nSPS) is 11.8. The fourth-order valence-electron chi connectivity index (χ4n) is 2.05. The molecule has 1 atom stereocenters. The van der Waals surface area contributed by atoms with Crippen molar-refractivity contribution >= 4 is 29.1 Å². The number of ether oxygens (including phenoxy) is 1. The molecule has 3 nitrogen and oxygen atoms in total. The van der Waals surface area contributed by atoms with Crippen LogP contribution in [-0.4, -0.2) is 12.5 Å². The van der Waals surface area contributed by atoms with Crippen LogP contribution >= 0.6 is 23.2 Å². The van der Waals surface area contributed by atoms with Gasteiger partial charge in [0.2, 0.25) is 0 Å². The first kappa shape index (κ1) is 16.7. The summed E-state index contributed by atoms with van der Waals surface area (Å²) in [6.45, 7) is 4.48. The van der Waals surface area contributed by atoms with E-state index >= 15 is 0 Å². The van der Waals surface area contributed by atoms with Crippen molar-refractivity contribution in [1.29, 1.82) is 0 Å². The summed E-state index contributed by atoms with van der Waals surface area (Å²) in [7, 11) is 0. The summed E-state index contributed by atoms with van der Waals surface area (Å²) in [4.78, 5) is 12.3. The monoisotopic (exact) mass is 337 g/mol. The van der Waals surface area contributed by atoms with Crippen LogP contribution in [0, 0.1) is 0 Å². The number of hydrogen-bond donors (Lipinski definition) is 1. The Morgan fingerprint density at radius 2 is 1.86 bits per heavy atom. The molecular formula is C17H17Cl2NO2. The lowest BCUT2D eigenvalue weighted by Gasteiger charge is -2.15. The molecule has 116 valence electrons. The smallest absolute Gasteiger partial charge is 0.253 e. The highest BCUT2D eigenvalue weighted by Crippen LogP contribution is 2.22. The highest BCUT2D eigenvalue weighted by Gasteiger charge is 2.14. The first-order valence-electron chi connectivity index (χ1n) is 7.00. The highest BCUT2D eigenvalue weighted by molar-refractivity contribution is 6.36. The maximum Gasteiger partial charge on any atom is 0.253 e. The molecule has 0 saturated carbocycles. The van der Waals surface area contributed by atoms with Crippen molar-refractivity contribution in [2.75, 3.05) is 6.61 Å². The number of rotatable bonds is 5. The summed E-state index contributed by atoms with van der Waals surface area (Å²) in [5.41, 5.74) is 1.39. The van der Waals surface area contributed by atoms with Gasteiger partial charge in [-0.3, -0.25) is 4.79 Å². The Morgan fingerprint density at radius 3 is 2.45 bits per heavy atom. The molecule has 0 bridgehead atoms. The molecule has 0 aliphatic heterocycles. The van der Waals surface area contributed by atoms with Crippen molar-refractivity contribution in [3.05, 3.63) is 63.6 Å². The van der Waals surface area contributed by atoms with Gasteiger partial charge in [0.15, 0.2) is 0 Å². The van der Waals surface area contributed by atoms with Crippen molar-refractivity contribution in [3.63, 3.8) is 0 Å². The van der Waals surface area contributed by atoms with Crippen LogP contribution < -0.4 is 10.1 Å². The van der Waals surface area contributed by atoms with Gasteiger partial charge in [0.25, 0.3) is 5.91 Å². The molecule has 1 unspecified atom stereocenters. The van der Waals surface area contributed by atoms with Crippen LogP contribution in [-0.2, 0) is 0 Å². The van der Waals surface area contributed by atoms with Crippen LogP contribution in [0.5, 0.6) is 5.75 Å². The number of carbonyl (C=O) groups is 1. The third-order valence-electron chi connectivity index (χ3n) is 3.21. The molecule has 2 rings (SSSR count). The number of hydrogen-bond acceptors (Lipinski definition) is 2. The molecule has 1 N–H and O–H groups in total. The van der Waals surface area contributed by atoms with Crippen LogP contribution in [0.1, 0.15) is 35.8 Å². The molecule has 1 amide bonds. The van der Waals surface area contributed by atoms with Crippen molar-refractivity contribution in [2.45, 2.75) is 19.9 Å². The van der Waals surface area contributed by atoms with E-state index in [0.29, 0.717) is 22.2 Å². The van der Waals surface area contributed by atoms with Gasteiger partial charge in [-0.15, -0.1) is 0 Å². The molecule has 2 aromatic carbocycles. The van der Waals surface area contributed by atoms with Gasteiger partial charge in [0.1, 0.15) is 5.75 Å². The molecule has 0 heterocycles. The minimum absolute atomic E-state index is 0.144. The maximum atomic E-state index is 12.3. The standard InChI is InChI=1S/C17H17Cl2NO2/c1-3-22-14-7-4-12(5-8-14)11(2)20-17(21)15-9-6-13(18)10-16(15)19/h4-11H,3H2,1-2H3,(H,20,21). The Morgan fingerprint density at radius 1 is 1.18 bits per heavy atom. The predicted octanol–water partition coefficient (Wildman–Crippen LogP) is 4.88. The van der Waals surface area contributed by atoms with Crippen molar-refractivity contribution in [2.24, 2.45) is 0 Å². The average molecular weight is 338 g/mol. The number of halogens is 2. The van der Waals surface area contributed by atoms with Gasteiger partial charge in [-0.1, -0.05) is 35.3 Å². The second-order valence-corrected chi connectivity index (χ2v) is 5.67. The minimum atomic E-state index is -0.233. The van der Waals surface area contributed by atoms with Gasteiger partial charge in [0.05, 0.1) is 23.2 Å². The molecular weight excluding hydrogens is 321 g/mol. The lowest BCUT2D eigenvalue weighted by atomic mass is 10.1. The Balaban J connectivity index is 2.07. The van der Waals surface area contributed by atoms with Crippen LogP contribution in [0.4, 0.5) is 0 Å². The third kappa shape index (κ3) is 4.15. The van der Waals surface area contributed by atoms with Gasteiger partial charge >= 0.3 is 0 Å². The maximum absolute atomic E-state index is 12.3. The van der Waals surface area contributed by atoms with Crippen molar-refractivity contribution < 1.29 is 9.53 Å². The van der Waals surface area contributed by atoms with E-state index in [0.717, 1.165) is 11.3 Å². The van der Waals surface area contributed by atoms with Crippen LogP contribution in [0.2, 0.25) is 10.0 Å². The Hall–Kier alpha value is -1.71. The molecule has 0 saturated heterocycles. The zero-order valence-corrected chi connectivity index (χ0v) is 13.9. The van der Waals surface area contributed by atoms with Gasteiger partial charge in [-0.05, 0) is 49.7 Å². The molecule has 0 aliphatic rings. The lowest BCUT2D eigenvalue weighted by molar-refractivity contribution is 0.0940. The largest absolute Gasteiger partial charge is 0.494 e. The van der Waals surface area contributed by atoms with E-state index in [-0.39, 0.29) is 11.9 Å². The second kappa shape index (κ2) is 7.52. The molecule has 0 aromatic heterocycles. The summed E-state index contributed by atoms with van der Waals surface area (Å²) >= 11 is 11.9. The average Bonchev–Trinajstić information content (AvgIpc) is 2.48. The minimum Gasteiger partial charge on any atom is -0.494 e. The number of carbonyl (C=O) groups excluding carboxylic acids is 1. The van der Waals surface area contributed by atoms with Crippen LogP contribution in [0.15, 0.2) is 42.5 Å². The van der Waals surface area contributed by atoms with Crippen LogP contribution in [0.3, 0.4) is 0 Å². The number of benzene rings is 2. The number of amides is 1. The summed E-state index contributed by atoms with van der Waals surface area (Å²) in [6.07, 6.45) is 0. The van der Waals surface area contributed by atoms with Gasteiger partial charge in [-0.2, -0.15) is 0 Å². The summed E-state index contributed by atoms with van der Waals surface area (Å²) in [6, 6.07) is 12.3. The van der Waals surface area contributed by atoms with E-state index in [1.54, 1.807) is 18.2 Å². The van der Waals surface area contributed by atoms with E-state index in [1.165, 1.54) is 0 Å². The fourth-order valence-corrected chi connectivity index (χ4v) is 2.55. The number of nitrogens with one attached hydrogen (secondary N) is 1. The molecule has 0 aliphatic carbocycles. The summed E-state index contributed by atoms with van der Waals surface area (Å²) in [5.74, 6) is 0.577. The molecule has 0 spiro atoms. The quantitative estimate of drug-likeness (QED) is 0.843. The first-order chi connectivity index (χ1) is 10.5. The third-order valence-corrected chi connectivity index (χ3v) is 3.76. The topological polar surface area (TPSA) is 38.3 Å². The zero-order chi connectivity index (χ0) is 16.1.